The van der Waals surface area contributed by atoms with Crippen LogP contribution >= 0.6 is 23.6 Å². The Morgan fingerprint density at radius 1 is 1.22 bits per heavy atom. The minimum absolute atomic E-state index is 0.106. The second-order valence-electron chi connectivity index (χ2n) is 7.16. The summed E-state index contributed by atoms with van der Waals surface area (Å²) in [4.78, 5) is 12.7. The van der Waals surface area contributed by atoms with E-state index in [1.807, 2.05) is 52.0 Å². The first-order valence-electron chi connectivity index (χ1n) is 8.67. The summed E-state index contributed by atoms with van der Waals surface area (Å²) in [5.74, 6) is 0.754. The zero-order valence-electron chi connectivity index (χ0n) is 15.7. The highest BCUT2D eigenvalue weighted by atomic mass is 32.1. The minimum Gasteiger partial charge on any atom is -0.358 e. The quantitative estimate of drug-likeness (QED) is 0.653. The molecule has 3 rings (SSSR count). The van der Waals surface area contributed by atoms with Gasteiger partial charge in [0.1, 0.15) is 5.01 Å². The Balaban J connectivity index is 1.62. The van der Waals surface area contributed by atoms with Gasteiger partial charge in [0.2, 0.25) is 10.9 Å². The van der Waals surface area contributed by atoms with Gasteiger partial charge in [-0.1, -0.05) is 63.3 Å². The molecule has 0 aliphatic carbocycles. The van der Waals surface area contributed by atoms with E-state index in [2.05, 4.69) is 25.9 Å². The number of carbonyl (C=O) groups excluding carboxylic acids is 1. The molecule has 2 N–H and O–H groups in total. The molecular weight excluding hydrogens is 380 g/mol. The Morgan fingerprint density at radius 3 is 2.56 bits per heavy atom. The van der Waals surface area contributed by atoms with Crippen LogP contribution in [0.5, 0.6) is 0 Å². The second kappa shape index (κ2) is 7.69. The van der Waals surface area contributed by atoms with Crippen LogP contribution in [0.15, 0.2) is 24.3 Å². The van der Waals surface area contributed by atoms with Crippen LogP contribution < -0.4 is 10.6 Å². The maximum Gasteiger partial charge on any atom is 0.234 e. The number of amides is 1. The number of carbonyl (C=O) groups is 1. The first-order chi connectivity index (χ1) is 12.8. The SMILES string of the molecule is CCc1nnc2sc(-c3ccc(CNC(=S)NC(=O)C(C)(C)C)cc3)nn12. The number of nitrogens with one attached hydrogen (secondary N) is 2. The highest BCUT2D eigenvalue weighted by molar-refractivity contribution is 7.80. The van der Waals surface area contributed by atoms with Crippen molar-refractivity contribution in [2.75, 3.05) is 0 Å². The number of hydrogen-bond donors (Lipinski definition) is 2. The molecule has 1 aromatic carbocycles. The number of fused-ring (bicyclic) bond motifs is 1. The van der Waals surface area contributed by atoms with Crippen LogP contribution in [0.4, 0.5) is 0 Å². The van der Waals surface area contributed by atoms with Crippen molar-refractivity contribution in [2.45, 2.75) is 40.7 Å². The summed E-state index contributed by atoms with van der Waals surface area (Å²) in [6.45, 7) is 8.11. The van der Waals surface area contributed by atoms with Gasteiger partial charge in [0.05, 0.1) is 0 Å². The molecule has 1 amide bonds. The summed E-state index contributed by atoms with van der Waals surface area (Å²) in [5, 5.41) is 19.9. The summed E-state index contributed by atoms with van der Waals surface area (Å²) >= 11 is 6.70. The summed E-state index contributed by atoms with van der Waals surface area (Å²) in [6, 6.07) is 8.07. The first-order valence-corrected chi connectivity index (χ1v) is 9.90. The van der Waals surface area contributed by atoms with Crippen molar-refractivity contribution in [3.63, 3.8) is 0 Å². The molecule has 0 aliphatic heterocycles. The highest BCUT2D eigenvalue weighted by Gasteiger charge is 2.21. The first kappa shape index (κ1) is 19.4. The molecule has 2 aromatic heterocycles. The van der Waals surface area contributed by atoms with Crippen molar-refractivity contribution >= 4 is 39.5 Å². The topological polar surface area (TPSA) is 84.2 Å². The van der Waals surface area contributed by atoms with Gasteiger partial charge in [-0.25, -0.2) is 0 Å². The van der Waals surface area contributed by atoms with Gasteiger partial charge in [-0.2, -0.15) is 9.61 Å². The van der Waals surface area contributed by atoms with E-state index in [4.69, 9.17) is 12.2 Å². The molecule has 0 saturated carbocycles. The Labute approximate surface area is 167 Å². The third kappa shape index (κ3) is 4.48. The Morgan fingerprint density at radius 2 is 1.93 bits per heavy atom. The van der Waals surface area contributed by atoms with E-state index in [1.165, 1.54) is 11.3 Å². The lowest BCUT2D eigenvalue weighted by Crippen LogP contribution is -2.44. The van der Waals surface area contributed by atoms with Gasteiger partial charge in [0.25, 0.3) is 0 Å². The molecule has 0 saturated heterocycles. The normalized spacial score (nSPS) is 11.6. The maximum absolute atomic E-state index is 11.9. The van der Waals surface area contributed by atoms with Gasteiger partial charge in [-0.05, 0) is 17.8 Å². The van der Waals surface area contributed by atoms with Crippen molar-refractivity contribution in [3.8, 4) is 10.6 Å². The molecule has 0 bridgehead atoms. The standard InChI is InChI=1S/C18H22N6OS2/c1-5-13-21-22-17-24(13)23-14(27-17)12-8-6-11(7-9-12)10-19-16(26)20-15(25)18(2,3)4/h6-9H,5,10H2,1-4H3,(H2,19,20,25,26). The average molecular weight is 403 g/mol. The van der Waals surface area contributed by atoms with Crippen molar-refractivity contribution in [3.05, 3.63) is 35.7 Å². The van der Waals surface area contributed by atoms with E-state index in [9.17, 15) is 4.79 Å². The van der Waals surface area contributed by atoms with Crippen molar-refractivity contribution in [1.29, 1.82) is 0 Å². The van der Waals surface area contributed by atoms with Crippen molar-refractivity contribution in [2.24, 2.45) is 5.41 Å². The molecular formula is C18H22N6OS2. The lowest BCUT2D eigenvalue weighted by atomic mass is 9.96. The van der Waals surface area contributed by atoms with E-state index in [1.54, 1.807) is 4.52 Å². The van der Waals surface area contributed by atoms with E-state index in [0.717, 1.165) is 33.3 Å². The number of aryl methyl sites for hydroxylation is 1. The predicted molar refractivity (Wildman–Crippen MR) is 111 cm³/mol. The third-order valence-electron chi connectivity index (χ3n) is 3.93. The molecule has 9 heteroatoms. The molecule has 7 nitrogen and oxygen atoms in total. The van der Waals surface area contributed by atoms with E-state index in [0.29, 0.717) is 11.7 Å². The van der Waals surface area contributed by atoms with Gasteiger partial charge < -0.3 is 10.6 Å². The summed E-state index contributed by atoms with van der Waals surface area (Å²) in [7, 11) is 0. The van der Waals surface area contributed by atoms with Crippen LogP contribution in [0.1, 0.15) is 39.1 Å². The van der Waals surface area contributed by atoms with Crippen LogP contribution in [0.3, 0.4) is 0 Å². The maximum atomic E-state index is 11.9. The van der Waals surface area contributed by atoms with Gasteiger partial charge in [0, 0.05) is 23.9 Å². The largest absolute Gasteiger partial charge is 0.358 e. The number of hydrogen-bond acceptors (Lipinski definition) is 6. The monoisotopic (exact) mass is 402 g/mol. The van der Waals surface area contributed by atoms with Gasteiger partial charge in [0.15, 0.2) is 10.9 Å². The van der Waals surface area contributed by atoms with Crippen molar-refractivity contribution < 1.29 is 4.79 Å². The fraction of sp³-hybridized carbons (Fsp3) is 0.389. The average Bonchev–Trinajstić information content (AvgIpc) is 3.20. The molecule has 2 heterocycles. The van der Waals surface area contributed by atoms with Gasteiger partial charge >= 0.3 is 0 Å². The lowest BCUT2D eigenvalue weighted by molar-refractivity contribution is -0.126. The van der Waals surface area contributed by atoms with E-state index < -0.39 is 5.41 Å². The Hall–Kier alpha value is -2.39. The molecule has 142 valence electrons. The fourth-order valence-corrected chi connectivity index (χ4v) is 3.31. The predicted octanol–water partition coefficient (Wildman–Crippen LogP) is 2.95. The highest BCUT2D eigenvalue weighted by Crippen LogP contribution is 2.25. The minimum atomic E-state index is -0.478. The van der Waals surface area contributed by atoms with Crippen LogP contribution in [-0.4, -0.2) is 30.8 Å². The number of thiocarbonyl (C=S) groups is 1. The van der Waals surface area contributed by atoms with E-state index >= 15 is 0 Å². The molecule has 0 aliphatic rings. The van der Waals surface area contributed by atoms with E-state index in [-0.39, 0.29) is 5.91 Å². The molecule has 27 heavy (non-hydrogen) atoms. The van der Waals surface area contributed by atoms with Crippen LogP contribution in [0, 0.1) is 5.41 Å². The molecule has 0 radical (unpaired) electrons. The summed E-state index contributed by atoms with van der Waals surface area (Å²) in [5.41, 5.74) is 1.61. The number of rotatable bonds is 4. The fourth-order valence-electron chi connectivity index (χ4n) is 2.28. The lowest BCUT2D eigenvalue weighted by Gasteiger charge is -2.18. The molecule has 3 aromatic rings. The molecule has 0 unspecified atom stereocenters. The Kier molecular flexibility index (Phi) is 5.52. The zero-order chi connectivity index (χ0) is 19.6. The molecule has 0 atom stereocenters. The van der Waals surface area contributed by atoms with Gasteiger partial charge in [-0.3, -0.25) is 4.79 Å². The van der Waals surface area contributed by atoms with Gasteiger partial charge in [-0.15, -0.1) is 10.2 Å². The van der Waals surface area contributed by atoms with Crippen LogP contribution in [0.2, 0.25) is 0 Å². The number of benzene rings is 1. The van der Waals surface area contributed by atoms with Crippen molar-refractivity contribution in [1.82, 2.24) is 30.4 Å². The smallest absolute Gasteiger partial charge is 0.234 e. The Bertz CT molecular complexity index is 968. The number of nitrogens with zero attached hydrogens (tertiary/aromatic N) is 4. The van der Waals surface area contributed by atoms with Crippen LogP contribution in [-0.2, 0) is 17.8 Å². The number of aromatic nitrogens is 4. The summed E-state index contributed by atoms with van der Waals surface area (Å²) in [6.07, 6.45) is 0.792. The zero-order valence-corrected chi connectivity index (χ0v) is 17.4. The summed E-state index contributed by atoms with van der Waals surface area (Å²) < 4.78 is 1.80. The second-order valence-corrected chi connectivity index (χ2v) is 8.52. The van der Waals surface area contributed by atoms with Crippen LogP contribution in [0.25, 0.3) is 15.5 Å². The molecule has 0 spiro atoms. The third-order valence-corrected chi connectivity index (χ3v) is 5.13. The molecule has 0 fully saturated rings.